The normalized spacial score (nSPS) is 10.8. The number of para-hydroxylation sites is 1. The molecule has 22 heavy (non-hydrogen) atoms. The minimum Gasteiger partial charge on any atom is -0.494 e. The Bertz CT molecular complexity index is 845. The third-order valence-corrected chi connectivity index (χ3v) is 3.83. The number of ether oxygens (including phenoxy) is 1. The van der Waals surface area contributed by atoms with Crippen LogP contribution in [0.4, 0.5) is 0 Å². The van der Waals surface area contributed by atoms with Gasteiger partial charge in [-0.1, -0.05) is 40.2 Å². The number of hydrogen-bond acceptors (Lipinski definition) is 3. The SMILES string of the molecule is O=c1[nH]c(-c2cccc(OCCCBr)c2)nc2ccccc12. The number of fused-ring (bicyclic) bond motifs is 1. The second kappa shape index (κ2) is 6.75. The van der Waals surface area contributed by atoms with Crippen molar-refractivity contribution >= 4 is 26.8 Å². The Morgan fingerprint density at radius 3 is 2.86 bits per heavy atom. The summed E-state index contributed by atoms with van der Waals surface area (Å²) in [5.74, 6) is 1.32. The average Bonchev–Trinajstić information content (AvgIpc) is 2.55. The van der Waals surface area contributed by atoms with Crippen LogP contribution < -0.4 is 10.3 Å². The molecule has 0 aliphatic rings. The van der Waals surface area contributed by atoms with Crippen molar-refractivity contribution in [1.82, 2.24) is 9.97 Å². The molecule has 2 aromatic carbocycles. The smallest absolute Gasteiger partial charge is 0.259 e. The maximum atomic E-state index is 12.1. The molecule has 1 N–H and O–H groups in total. The Morgan fingerprint density at radius 2 is 2.00 bits per heavy atom. The Hall–Kier alpha value is -2.14. The summed E-state index contributed by atoms with van der Waals surface area (Å²) in [4.78, 5) is 19.5. The summed E-state index contributed by atoms with van der Waals surface area (Å²) in [5.41, 5.74) is 1.39. The van der Waals surface area contributed by atoms with Gasteiger partial charge in [0, 0.05) is 10.9 Å². The van der Waals surface area contributed by atoms with Gasteiger partial charge in [0.1, 0.15) is 11.6 Å². The van der Waals surface area contributed by atoms with E-state index in [-0.39, 0.29) is 5.56 Å². The lowest BCUT2D eigenvalue weighted by molar-refractivity contribution is 0.319. The van der Waals surface area contributed by atoms with Crippen LogP contribution in [0.2, 0.25) is 0 Å². The van der Waals surface area contributed by atoms with Crippen LogP contribution in [-0.2, 0) is 0 Å². The van der Waals surface area contributed by atoms with E-state index >= 15 is 0 Å². The van der Waals surface area contributed by atoms with Gasteiger partial charge in [-0.05, 0) is 30.7 Å². The predicted octanol–water partition coefficient (Wildman–Crippen LogP) is 3.75. The van der Waals surface area contributed by atoms with E-state index in [1.54, 1.807) is 6.07 Å². The fourth-order valence-corrected chi connectivity index (χ4v) is 2.43. The van der Waals surface area contributed by atoms with E-state index in [0.717, 1.165) is 23.1 Å². The van der Waals surface area contributed by atoms with Crippen molar-refractivity contribution in [2.75, 3.05) is 11.9 Å². The number of aromatic amines is 1. The molecule has 1 heterocycles. The number of hydrogen-bond donors (Lipinski definition) is 1. The molecule has 0 unspecified atom stereocenters. The summed E-state index contributed by atoms with van der Waals surface area (Å²) < 4.78 is 5.68. The van der Waals surface area contributed by atoms with Crippen LogP contribution in [0.5, 0.6) is 5.75 Å². The minimum atomic E-state index is -0.133. The second-order valence-electron chi connectivity index (χ2n) is 4.85. The van der Waals surface area contributed by atoms with E-state index in [0.29, 0.717) is 23.3 Å². The van der Waals surface area contributed by atoms with Gasteiger partial charge < -0.3 is 9.72 Å². The van der Waals surface area contributed by atoms with Crippen molar-refractivity contribution in [3.05, 3.63) is 58.9 Å². The molecule has 0 bridgehead atoms. The first-order valence-corrected chi connectivity index (χ1v) is 8.18. The lowest BCUT2D eigenvalue weighted by atomic mass is 10.2. The molecular formula is C17H15BrN2O2. The topological polar surface area (TPSA) is 55.0 Å². The Morgan fingerprint density at radius 1 is 1.14 bits per heavy atom. The number of aromatic nitrogens is 2. The summed E-state index contributed by atoms with van der Waals surface area (Å²) >= 11 is 3.38. The van der Waals surface area contributed by atoms with Crippen LogP contribution in [0.25, 0.3) is 22.3 Å². The van der Waals surface area contributed by atoms with Gasteiger partial charge in [-0.15, -0.1) is 0 Å². The van der Waals surface area contributed by atoms with Crippen molar-refractivity contribution in [2.24, 2.45) is 0 Å². The lowest BCUT2D eigenvalue weighted by Gasteiger charge is -2.07. The molecule has 0 amide bonds. The standard InChI is InChI=1S/C17H15BrN2O2/c18-9-4-10-22-13-6-3-5-12(11-13)16-19-15-8-2-1-7-14(15)17(21)20-16/h1-3,5-8,11H,4,9-10H2,(H,19,20,21). The highest BCUT2D eigenvalue weighted by molar-refractivity contribution is 9.09. The van der Waals surface area contributed by atoms with E-state index in [4.69, 9.17) is 4.74 Å². The number of nitrogens with one attached hydrogen (secondary N) is 1. The summed E-state index contributed by atoms with van der Waals surface area (Å²) in [6, 6.07) is 14.9. The van der Waals surface area contributed by atoms with Crippen LogP contribution in [0.15, 0.2) is 53.3 Å². The van der Waals surface area contributed by atoms with Crippen molar-refractivity contribution in [3.8, 4) is 17.1 Å². The molecule has 0 saturated heterocycles. The van der Waals surface area contributed by atoms with Crippen LogP contribution in [0.3, 0.4) is 0 Å². The molecule has 4 nitrogen and oxygen atoms in total. The molecule has 3 aromatic rings. The van der Waals surface area contributed by atoms with Crippen molar-refractivity contribution in [1.29, 1.82) is 0 Å². The largest absolute Gasteiger partial charge is 0.494 e. The maximum absolute atomic E-state index is 12.1. The molecular weight excluding hydrogens is 344 g/mol. The number of benzene rings is 2. The van der Waals surface area contributed by atoms with Gasteiger partial charge in [0.25, 0.3) is 5.56 Å². The van der Waals surface area contributed by atoms with E-state index in [2.05, 4.69) is 25.9 Å². The zero-order valence-electron chi connectivity index (χ0n) is 11.9. The number of nitrogens with zero attached hydrogens (tertiary/aromatic N) is 1. The molecule has 0 saturated carbocycles. The van der Waals surface area contributed by atoms with Crippen molar-refractivity contribution in [2.45, 2.75) is 6.42 Å². The molecule has 0 aliphatic heterocycles. The summed E-state index contributed by atoms with van der Waals surface area (Å²) in [7, 11) is 0. The fourth-order valence-electron chi connectivity index (χ4n) is 2.20. The summed E-state index contributed by atoms with van der Waals surface area (Å²) in [5, 5.41) is 1.50. The first kappa shape index (κ1) is 14.8. The maximum Gasteiger partial charge on any atom is 0.259 e. The van der Waals surface area contributed by atoms with Gasteiger partial charge in [-0.2, -0.15) is 0 Å². The van der Waals surface area contributed by atoms with E-state index in [1.165, 1.54) is 0 Å². The highest BCUT2D eigenvalue weighted by atomic mass is 79.9. The van der Waals surface area contributed by atoms with Gasteiger partial charge in [0.05, 0.1) is 17.5 Å². The van der Waals surface area contributed by atoms with Crippen LogP contribution in [-0.4, -0.2) is 21.9 Å². The number of halogens is 1. The molecule has 0 radical (unpaired) electrons. The Balaban J connectivity index is 1.97. The van der Waals surface area contributed by atoms with Gasteiger partial charge >= 0.3 is 0 Å². The zero-order valence-corrected chi connectivity index (χ0v) is 13.5. The quantitative estimate of drug-likeness (QED) is 0.558. The summed E-state index contributed by atoms with van der Waals surface area (Å²) in [6.07, 6.45) is 0.940. The Kier molecular flexibility index (Phi) is 4.53. The number of H-pyrrole nitrogens is 1. The monoisotopic (exact) mass is 358 g/mol. The molecule has 0 spiro atoms. The first-order chi connectivity index (χ1) is 10.8. The van der Waals surface area contributed by atoms with E-state index in [1.807, 2.05) is 42.5 Å². The van der Waals surface area contributed by atoms with Crippen LogP contribution in [0, 0.1) is 0 Å². The first-order valence-electron chi connectivity index (χ1n) is 7.06. The minimum absolute atomic E-state index is 0.133. The molecule has 1 aromatic heterocycles. The van der Waals surface area contributed by atoms with E-state index < -0.39 is 0 Å². The van der Waals surface area contributed by atoms with Gasteiger partial charge in [0.15, 0.2) is 0 Å². The van der Waals surface area contributed by atoms with E-state index in [9.17, 15) is 4.79 Å². The molecule has 112 valence electrons. The lowest BCUT2D eigenvalue weighted by Crippen LogP contribution is -2.09. The zero-order chi connectivity index (χ0) is 15.4. The summed E-state index contributed by atoms with van der Waals surface area (Å²) in [6.45, 7) is 0.649. The third-order valence-electron chi connectivity index (χ3n) is 3.27. The molecule has 0 fully saturated rings. The highest BCUT2D eigenvalue weighted by Gasteiger charge is 2.06. The average molecular weight is 359 g/mol. The third kappa shape index (κ3) is 3.20. The highest BCUT2D eigenvalue weighted by Crippen LogP contribution is 2.21. The molecule has 3 rings (SSSR count). The van der Waals surface area contributed by atoms with Crippen molar-refractivity contribution < 1.29 is 4.74 Å². The second-order valence-corrected chi connectivity index (χ2v) is 5.64. The van der Waals surface area contributed by atoms with Gasteiger partial charge in [0.2, 0.25) is 0 Å². The Labute approximate surface area is 136 Å². The van der Waals surface area contributed by atoms with Crippen LogP contribution >= 0.6 is 15.9 Å². The van der Waals surface area contributed by atoms with Crippen LogP contribution in [0.1, 0.15) is 6.42 Å². The van der Waals surface area contributed by atoms with Gasteiger partial charge in [-0.3, -0.25) is 4.79 Å². The van der Waals surface area contributed by atoms with Crippen molar-refractivity contribution in [3.63, 3.8) is 0 Å². The molecule has 0 atom stereocenters. The molecule has 5 heteroatoms. The fraction of sp³-hybridized carbons (Fsp3) is 0.176. The predicted molar refractivity (Wildman–Crippen MR) is 91.7 cm³/mol. The number of rotatable bonds is 5. The molecule has 0 aliphatic carbocycles. The number of alkyl halides is 1. The van der Waals surface area contributed by atoms with Gasteiger partial charge in [-0.25, -0.2) is 4.98 Å².